The summed E-state index contributed by atoms with van der Waals surface area (Å²) in [7, 11) is 0. The van der Waals surface area contributed by atoms with Crippen molar-refractivity contribution in [1.29, 1.82) is 0 Å². The average molecular weight is 377 g/mol. The number of carbonyl (C=O) groups excluding carboxylic acids is 2. The molecule has 2 aromatic heterocycles. The van der Waals surface area contributed by atoms with Gasteiger partial charge in [-0.3, -0.25) is 9.59 Å². The molecule has 4 rings (SSSR count). The quantitative estimate of drug-likeness (QED) is 0.876. The van der Waals surface area contributed by atoms with Gasteiger partial charge in [0.2, 0.25) is 5.91 Å². The summed E-state index contributed by atoms with van der Waals surface area (Å²) in [5.74, 6) is 0.122. The first-order chi connectivity index (χ1) is 12.6. The maximum atomic E-state index is 13.0. The summed E-state index contributed by atoms with van der Waals surface area (Å²) < 4.78 is 11.7. The van der Waals surface area contributed by atoms with Crippen LogP contribution in [0.2, 0.25) is 0 Å². The lowest BCUT2D eigenvalue weighted by Gasteiger charge is -2.42. The van der Waals surface area contributed by atoms with Gasteiger partial charge in [-0.25, -0.2) is 0 Å². The van der Waals surface area contributed by atoms with Crippen LogP contribution < -0.4 is 5.73 Å². The molecule has 0 spiro atoms. The molecule has 26 heavy (non-hydrogen) atoms. The number of hydrogen-bond donors (Lipinski definition) is 1. The van der Waals surface area contributed by atoms with Gasteiger partial charge in [0.05, 0.1) is 21.3 Å². The van der Waals surface area contributed by atoms with Crippen molar-refractivity contribution in [2.24, 2.45) is 11.1 Å². The second-order valence-corrected chi connectivity index (χ2v) is 8.02. The highest BCUT2D eigenvalue weighted by molar-refractivity contribution is 7.20. The van der Waals surface area contributed by atoms with E-state index in [1.54, 1.807) is 12.3 Å². The number of amides is 2. The summed E-state index contributed by atoms with van der Waals surface area (Å²) in [6.07, 6.45) is 2.98. The van der Waals surface area contributed by atoms with E-state index in [0.717, 1.165) is 10.3 Å². The molecule has 2 aliphatic heterocycles. The third-order valence-corrected chi connectivity index (χ3v) is 6.57. The van der Waals surface area contributed by atoms with Crippen LogP contribution in [-0.4, -0.2) is 67.6 Å². The van der Waals surface area contributed by atoms with Crippen LogP contribution in [0, 0.1) is 5.41 Å². The Kier molecular flexibility index (Phi) is 4.73. The number of thiophene rings is 1. The molecular weight excluding hydrogens is 354 g/mol. The fraction of sp³-hybridized carbons (Fsp3) is 0.556. The van der Waals surface area contributed by atoms with Crippen LogP contribution in [0.15, 0.2) is 22.8 Å². The van der Waals surface area contributed by atoms with Crippen molar-refractivity contribution in [3.63, 3.8) is 0 Å². The first-order valence-corrected chi connectivity index (χ1v) is 9.78. The molecule has 0 unspecified atom stereocenters. The fourth-order valence-corrected chi connectivity index (χ4v) is 4.69. The second kappa shape index (κ2) is 7.02. The maximum absolute atomic E-state index is 13.0. The number of furan rings is 1. The van der Waals surface area contributed by atoms with Gasteiger partial charge in [0.15, 0.2) is 0 Å². The van der Waals surface area contributed by atoms with Gasteiger partial charge in [0, 0.05) is 52.0 Å². The Bertz CT molecular complexity index is 772. The van der Waals surface area contributed by atoms with E-state index >= 15 is 0 Å². The number of hydrogen-bond acceptors (Lipinski definition) is 6. The highest BCUT2D eigenvalue weighted by Crippen LogP contribution is 2.32. The minimum Gasteiger partial charge on any atom is -0.463 e. The summed E-state index contributed by atoms with van der Waals surface area (Å²) in [5.41, 5.74) is 6.20. The van der Waals surface area contributed by atoms with Gasteiger partial charge in [-0.2, -0.15) is 0 Å². The van der Waals surface area contributed by atoms with E-state index in [1.807, 2.05) is 15.9 Å². The minimum absolute atomic E-state index is 0.00750. The number of nitrogens with zero attached hydrogens (tertiary/aromatic N) is 2. The largest absolute Gasteiger partial charge is 0.463 e. The Hall–Kier alpha value is -1.90. The van der Waals surface area contributed by atoms with E-state index in [1.165, 1.54) is 11.3 Å². The van der Waals surface area contributed by atoms with Gasteiger partial charge in [0.1, 0.15) is 5.58 Å². The highest BCUT2D eigenvalue weighted by Gasteiger charge is 2.42. The zero-order valence-electron chi connectivity index (χ0n) is 14.6. The van der Waals surface area contributed by atoms with Gasteiger partial charge in [-0.1, -0.05) is 0 Å². The smallest absolute Gasteiger partial charge is 0.264 e. The van der Waals surface area contributed by atoms with Crippen molar-refractivity contribution in [2.45, 2.75) is 12.8 Å². The van der Waals surface area contributed by atoms with Crippen LogP contribution in [0.3, 0.4) is 0 Å². The molecule has 0 saturated carbocycles. The summed E-state index contributed by atoms with van der Waals surface area (Å²) in [6.45, 7) is 3.70. The molecule has 0 aromatic carbocycles. The van der Waals surface area contributed by atoms with Gasteiger partial charge >= 0.3 is 0 Å². The number of ether oxygens (including phenoxy) is 1. The third-order valence-electron chi connectivity index (χ3n) is 5.50. The third kappa shape index (κ3) is 3.02. The van der Waals surface area contributed by atoms with Crippen molar-refractivity contribution in [2.75, 3.05) is 45.9 Å². The van der Waals surface area contributed by atoms with Crippen molar-refractivity contribution in [1.82, 2.24) is 9.80 Å². The van der Waals surface area contributed by atoms with Crippen LogP contribution in [0.25, 0.3) is 10.3 Å². The molecule has 2 fully saturated rings. The Morgan fingerprint density at radius 3 is 2.50 bits per heavy atom. The standard InChI is InChI=1S/C18H23N3O4S/c19-12-18(2-9-24-10-3-18)17(23)21-6-4-20(5-7-21)16(22)15-11-13-14(26-15)1-8-25-13/h1,8,11H,2-7,9-10,12,19H2. The van der Waals surface area contributed by atoms with Crippen LogP contribution >= 0.6 is 11.3 Å². The van der Waals surface area contributed by atoms with Gasteiger partial charge < -0.3 is 24.7 Å². The molecule has 2 aromatic rings. The molecule has 0 radical (unpaired) electrons. The molecule has 2 saturated heterocycles. The lowest BCUT2D eigenvalue weighted by molar-refractivity contribution is -0.148. The number of piperazine rings is 1. The predicted octanol–water partition coefficient (Wildman–Crippen LogP) is 1.53. The highest BCUT2D eigenvalue weighted by atomic mass is 32.1. The number of rotatable bonds is 3. The van der Waals surface area contributed by atoms with Crippen molar-refractivity contribution < 1.29 is 18.7 Å². The van der Waals surface area contributed by atoms with Crippen LogP contribution in [0.5, 0.6) is 0 Å². The lowest BCUT2D eigenvalue weighted by atomic mass is 9.78. The molecule has 4 heterocycles. The molecule has 0 aliphatic carbocycles. The molecule has 2 N–H and O–H groups in total. The van der Waals surface area contributed by atoms with Gasteiger partial charge in [-0.15, -0.1) is 11.3 Å². The first-order valence-electron chi connectivity index (χ1n) is 8.96. The van der Waals surface area contributed by atoms with Crippen molar-refractivity contribution in [3.05, 3.63) is 23.3 Å². The second-order valence-electron chi connectivity index (χ2n) is 6.94. The van der Waals surface area contributed by atoms with Crippen LogP contribution in [0.4, 0.5) is 0 Å². The molecule has 2 amide bonds. The van der Waals surface area contributed by atoms with E-state index < -0.39 is 5.41 Å². The van der Waals surface area contributed by atoms with E-state index in [-0.39, 0.29) is 11.8 Å². The van der Waals surface area contributed by atoms with Crippen molar-refractivity contribution >= 4 is 33.4 Å². The monoisotopic (exact) mass is 377 g/mol. The fourth-order valence-electron chi connectivity index (χ4n) is 3.74. The number of fused-ring (bicyclic) bond motifs is 1. The molecule has 0 bridgehead atoms. The average Bonchev–Trinajstić information content (AvgIpc) is 3.30. The molecule has 7 nitrogen and oxygen atoms in total. The lowest BCUT2D eigenvalue weighted by Crippen LogP contribution is -2.57. The van der Waals surface area contributed by atoms with Gasteiger partial charge in [-0.05, 0) is 18.9 Å². The molecule has 2 aliphatic rings. The van der Waals surface area contributed by atoms with Crippen molar-refractivity contribution in [3.8, 4) is 0 Å². The van der Waals surface area contributed by atoms with E-state index in [0.29, 0.717) is 63.7 Å². The predicted molar refractivity (Wildman–Crippen MR) is 98.1 cm³/mol. The van der Waals surface area contributed by atoms with Crippen LogP contribution in [0.1, 0.15) is 22.5 Å². The Morgan fingerprint density at radius 2 is 1.85 bits per heavy atom. The number of carbonyl (C=O) groups is 2. The summed E-state index contributed by atoms with van der Waals surface area (Å²) >= 11 is 1.44. The van der Waals surface area contributed by atoms with E-state index in [9.17, 15) is 9.59 Å². The Balaban J connectivity index is 1.39. The minimum atomic E-state index is -0.497. The Morgan fingerprint density at radius 1 is 1.15 bits per heavy atom. The SMILES string of the molecule is NCC1(C(=O)N2CCN(C(=O)c3cc4occc4s3)CC2)CCOCC1. The summed E-state index contributed by atoms with van der Waals surface area (Å²) in [5, 5.41) is 0. The zero-order valence-corrected chi connectivity index (χ0v) is 15.4. The van der Waals surface area contributed by atoms with E-state index in [4.69, 9.17) is 14.9 Å². The van der Waals surface area contributed by atoms with Crippen LogP contribution in [-0.2, 0) is 9.53 Å². The van der Waals surface area contributed by atoms with Gasteiger partial charge in [0.25, 0.3) is 5.91 Å². The van der Waals surface area contributed by atoms with E-state index in [2.05, 4.69) is 0 Å². The molecule has 8 heteroatoms. The topological polar surface area (TPSA) is 89.0 Å². The molecular formula is C18H23N3O4S. The summed E-state index contributed by atoms with van der Waals surface area (Å²) in [4.78, 5) is 30.1. The normalized spacial score (nSPS) is 20.5. The molecule has 140 valence electrons. The first kappa shape index (κ1) is 17.5. The number of nitrogens with two attached hydrogens (primary N) is 1. The summed E-state index contributed by atoms with van der Waals surface area (Å²) in [6, 6.07) is 3.67. The maximum Gasteiger partial charge on any atom is 0.264 e. The Labute approximate surface area is 155 Å². The molecule has 0 atom stereocenters. The zero-order chi connectivity index (χ0) is 18.1.